The number of aryl methyl sites for hydroxylation is 1. The molecule has 27 heavy (non-hydrogen) atoms. The van der Waals surface area contributed by atoms with Gasteiger partial charge in [-0.15, -0.1) is 0 Å². The minimum atomic E-state index is -2.35. The van der Waals surface area contributed by atoms with Gasteiger partial charge in [-0.05, 0) is 51.5 Å². The van der Waals surface area contributed by atoms with Crippen LogP contribution in [0.5, 0.6) is 5.75 Å². The third kappa shape index (κ3) is 13.1. The second kappa shape index (κ2) is 14.3. The second-order valence-electron chi connectivity index (χ2n) is 6.46. The maximum Gasteiger partial charge on any atom is 0.290 e. The van der Waals surface area contributed by atoms with Crippen molar-refractivity contribution in [1.82, 2.24) is 10.6 Å². The van der Waals surface area contributed by atoms with Crippen LogP contribution >= 0.6 is 0 Å². The predicted octanol–water partition coefficient (Wildman–Crippen LogP) is 2.30. The quantitative estimate of drug-likeness (QED) is 0.592. The van der Waals surface area contributed by atoms with Crippen LogP contribution in [0.25, 0.3) is 0 Å². The molecule has 1 aliphatic carbocycles. The summed E-state index contributed by atoms with van der Waals surface area (Å²) in [6.07, 6.45) is 1.02. The predicted molar refractivity (Wildman–Crippen MR) is 102 cm³/mol. The monoisotopic (exact) mass is 390 g/mol. The molecule has 0 amide bonds. The zero-order valence-electron chi connectivity index (χ0n) is 16.3. The number of β-amino-alcohol motifs (C(OH)–C–C–N with tert-alkyl or cyclic N) is 1. The van der Waals surface area contributed by atoms with Gasteiger partial charge in [-0.1, -0.05) is 17.7 Å². The van der Waals surface area contributed by atoms with Gasteiger partial charge in [-0.3, -0.25) is 4.79 Å². The Morgan fingerprint density at radius 3 is 2.19 bits per heavy atom. The molecule has 1 aromatic carbocycles. The van der Waals surface area contributed by atoms with Crippen molar-refractivity contribution in [2.45, 2.75) is 38.2 Å². The van der Waals surface area contributed by atoms with E-state index in [0.29, 0.717) is 0 Å². The number of rotatable bonds is 3. The van der Waals surface area contributed by atoms with Gasteiger partial charge in [-0.2, -0.15) is 0 Å². The zero-order chi connectivity index (χ0) is 20.7. The van der Waals surface area contributed by atoms with Crippen molar-refractivity contribution in [1.29, 1.82) is 0 Å². The van der Waals surface area contributed by atoms with E-state index < -0.39 is 5.92 Å². The van der Waals surface area contributed by atoms with Crippen molar-refractivity contribution >= 4 is 6.47 Å². The highest BCUT2D eigenvalue weighted by Crippen LogP contribution is 2.41. The smallest absolute Gasteiger partial charge is 0.290 e. The number of carbonyl (C=O) groups is 1. The van der Waals surface area contributed by atoms with Gasteiger partial charge in [0.05, 0.1) is 13.2 Å². The molecule has 4 N–H and O–H groups in total. The molecular weight excluding hydrogens is 358 g/mol. The van der Waals surface area contributed by atoms with Crippen LogP contribution in [0.2, 0.25) is 0 Å². The minimum absolute atomic E-state index is 0.0648. The number of nitrogens with one attached hydrogen (secondary N) is 2. The number of ether oxygens (including phenoxy) is 1. The summed E-state index contributed by atoms with van der Waals surface area (Å²) in [6, 6.07) is 7.96. The van der Waals surface area contributed by atoms with Crippen LogP contribution in [0.3, 0.4) is 0 Å². The molecule has 1 saturated heterocycles. The topological polar surface area (TPSA) is 90.8 Å². The number of benzene rings is 1. The molecule has 0 aromatic heterocycles. The summed E-state index contributed by atoms with van der Waals surface area (Å²) < 4.78 is 29.1. The van der Waals surface area contributed by atoms with Crippen LogP contribution in [-0.2, 0) is 4.79 Å². The highest BCUT2D eigenvalue weighted by atomic mass is 19.3. The van der Waals surface area contributed by atoms with E-state index in [1.165, 1.54) is 5.56 Å². The fraction of sp³-hybridized carbons (Fsp3) is 0.632. The molecule has 2 fully saturated rings. The van der Waals surface area contributed by atoms with E-state index in [2.05, 4.69) is 17.6 Å². The lowest BCUT2D eigenvalue weighted by molar-refractivity contribution is -0.122. The van der Waals surface area contributed by atoms with Crippen LogP contribution in [0.4, 0.5) is 8.78 Å². The molecule has 1 aromatic rings. The molecular formula is C19H32F2N2O4. The summed E-state index contributed by atoms with van der Waals surface area (Å²) in [7, 11) is 3.46. The first-order valence-corrected chi connectivity index (χ1v) is 8.87. The molecule has 1 heterocycles. The number of halogens is 2. The van der Waals surface area contributed by atoms with E-state index in [1.807, 2.05) is 24.3 Å². The molecule has 1 saturated carbocycles. The normalized spacial score (nSPS) is 19.7. The van der Waals surface area contributed by atoms with Crippen LogP contribution < -0.4 is 15.4 Å². The van der Waals surface area contributed by atoms with Crippen molar-refractivity contribution in [3.05, 3.63) is 29.8 Å². The molecule has 0 spiro atoms. The summed E-state index contributed by atoms with van der Waals surface area (Å²) in [5, 5.41) is 21.5. The molecule has 1 aliphatic heterocycles. The molecule has 3 rings (SSSR count). The molecule has 156 valence electrons. The van der Waals surface area contributed by atoms with E-state index in [0.717, 1.165) is 31.8 Å². The standard InChI is InChI=1S/C8H10O.C6H11F2N.C4H9NO.CH2O2/c1-7-3-5-8(9-2)6-4-7;1-9-4-5-2-6(7,8)3-5;6-4-1-2-5-3-4;2-1-3/h3-6H,1-2H3;5,9H,2-4H2,1H3;4-6H,1-3H2;1H,(H,2,3). The summed E-state index contributed by atoms with van der Waals surface area (Å²) in [5.74, 6) is -1.22. The van der Waals surface area contributed by atoms with Crippen LogP contribution in [0.15, 0.2) is 24.3 Å². The molecule has 8 heteroatoms. The largest absolute Gasteiger partial charge is 0.497 e. The molecule has 1 atom stereocenters. The Bertz CT molecular complexity index is 487. The Labute approximate surface area is 159 Å². The Kier molecular flexibility index (Phi) is 13.4. The van der Waals surface area contributed by atoms with Gasteiger partial charge in [0.1, 0.15) is 5.75 Å². The average molecular weight is 390 g/mol. The fourth-order valence-corrected chi connectivity index (χ4v) is 2.53. The molecule has 1 unspecified atom stereocenters. The molecule has 0 radical (unpaired) electrons. The third-order valence-electron chi connectivity index (χ3n) is 3.96. The van der Waals surface area contributed by atoms with Crippen molar-refractivity contribution < 1.29 is 28.5 Å². The number of alkyl halides is 2. The summed E-state index contributed by atoms with van der Waals surface area (Å²) in [4.78, 5) is 8.36. The van der Waals surface area contributed by atoms with Crippen molar-refractivity contribution in [3.8, 4) is 5.75 Å². The van der Waals surface area contributed by atoms with Gasteiger partial charge in [0.2, 0.25) is 5.92 Å². The van der Waals surface area contributed by atoms with Gasteiger partial charge < -0.3 is 25.6 Å². The maximum absolute atomic E-state index is 12.1. The Balaban J connectivity index is 0.000000356. The lowest BCUT2D eigenvalue weighted by Crippen LogP contribution is -2.40. The summed E-state index contributed by atoms with van der Waals surface area (Å²) in [5.41, 5.74) is 1.26. The van der Waals surface area contributed by atoms with E-state index in [9.17, 15) is 8.78 Å². The van der Waals surface area contributed by atoms with E-state index in [4.69, 9.17) is 19.7 Å². The van der Waals surface area contributed by atoms with Crippen molar-refractivity contribution in [3.63, 3.8) is 0 Å². The minimum Gasteiger partial charge on any atom is -0.497 e. The number of hydrogen-bond donors (Lipinski definition) is 4. The van der Waals surface area contributed by atoms with Crippen LogP contribution in [-0.4, -0.2) is 62.5 Å². The van der Waals surface area contributed by atoms with Crippen LogP contribution in [0.1, 0.15) is 24.8 Å². The van der Waals surface area contributed by atoms with Gasteiger partial charge >= 0.3 is 0 Å². The first kappa shape index (κ1) is 25.2. The SMILES string of the molecule is CNCC1CC(F)(F)C1.COc1ccc(C)cc1.O=CO.OC1CCNC1. The summed E-state index contributed by atoms with van der Waals surface area (Å²) >= 11 is 0. The third-order valence-corrected chi connectivity index (χ3v) is 3.96. The van der Waals surface area contributed by atoms with Crippen molar-refractivity contribution in [2.75, 3.05) is 33.8 Å². The Morgan fingerprint density at radius 2 is 1.89 bits per heavy atom. The Morgan fingerprint density at radius 1 is 1.33 bits per heavy atom. The number of carboxylic acid groups (broad SMARTS) is 1. The van der Waals surface area contributed by atoms with E-state index in [1.54, 1.807) is 14.2 Å². The van der Waals surface area contributed by atoms with Gasteiger partial charge in [0, 0.05) is 19.4 Å². The van der Waals surface area contributed by atoms with E-state index >= 15 is 0 Å². The molecule has 0 bridgehead atoms. The van der Waals surface area contributed by atoms with Gasteiger partial charge in [-0.25, -0.2) is 8.78 Å². The lowest BCUT2D eigenvalue weighted by Gasteiger charge is -2.34. The number of aliphatic hydroxyl groups excluding tert-OH is 1. The van der Waals surface area contributed by atoms with Gasteiger partial charge in [0.15, 0.2) is 0 Å². The van der Waals surface area contributed by atoms with Gasteiger partial charge in [0.25, 0.3) is 6.47 Å². The zero-order valence-corrected chi connectivity index (χ0v) is 16.3. The van der Waals surface area contributed by atoms with E-state index in [-0.39, 0.29) is 31.3 Å². The second-order valence-corrected chi connectivity index (χ2v) is 6.46. The number of aliphatic hydroxyl groups is 1. The molecule has 2 aliphatic rings. The van der Waals surface area contributed by atoms with Crippen LogP contribution in [0, 0.1) is 12.8 Å². The van der Waals surface area contributed by atoms with Crippen molar-refractivity contribution in [2.24, 2.45) is 5.92 Å². The summed E-state index contributed by atoms with van der Waals surface area (Å²) in [6.45, 7) is 4.32. The highest BCUT2D eigenvalue weighted by molar-refractivity contribution is 5.32. The first-order chi connectivity index (χ1) is 12.8. The number of methoxy groups -OCH3 is 1. The Hall–Kier alpha value is -1.77. The number of hydrogen-bond acceptors (Lipinski definition) is 5. The molecule has 6 nitrogen and oxygen atoms in total. The average Bonchev–Trinajstić information content (AvgIpc) is 3.07. The first-order valence-electron chi connectivity index (χ1n) is 8.87. The fourth-order valence-electron chi connectivity index (χ4n) is 2.53. The lowest BCUT2D eigenvalue weighted by atomic mass is 9.81. The maximum atomic E-state index is 12.1. The highest BCUT2D eigenvalue weighted by Gasteiger charge is 2.44.